The van der Waals surface area contributed by atoms with E-state index in [0.717, 1.165) is 25.2 Å². The van der Waals surface area contributed by atoms with Crippen molar-refractivity contribution in [3.8, 4) is 0 Å². The van der Waals surface area contributed by atoms with Gasteiger partial charge < -0.3 is 19.9 Å². The topological polar surface area (TPSA) is 57.4 Å². The smallest absolute Gasteiger partial charge is 0.354 e. The predicted molar refractivity (Wildman–Crippen MR) is 71.6 cm³/mol. The van der Waals surface area contributed by atoms with Crippen molar-refractivity contribution in [2.45, 2.75) is 25.9 Å². The number of nitrogens with zero attached hydrogens (tertiary/aromatic N) is 1. The van der Waals surface area contributed by atoms with Gasteiger partial charge in [0.1, 0.15) is 5.69 Å². The van der Waals surface area contributed by atoms with Gasteiger partial charge in [-0.15, -0.1) is 0 Å². The van der Waals surface area contributed by atoms with Crippen LogP contribution in [-0.4, -0.2) is 49.6 Å². The maximum absolute atomic E-state index is 11.3. The molecule has 0 aliphatic carbocycles. The molecule has 0 saturated heterocycles. The monoisotopic (exact) mass is 253 g/mol. The lowest BCUT2D eigenvalue weighted by Crippen LogP contribution is -2.29. The second kappa shape index (κ2) is 7.18. The van der Waals surface area contributed by atoms with Gasteiger partial charge in [0.25, 0.3) is 0 Å². The molecule has 1 rings (SSSR count). The maximum atomic E-state index is 11.3. The highest BCUT2D eigenvalue weighted by Gasteiger charge is 2.08. The Morgan fingerprint density at radius 2 is 2.22 bits per heavy atom. The summed E-state index contributed by atoms with van der Waals surface area (Å²) in [5, 5.41) is 3.41. The second-order valence-corrected chi connectivity index (χ2v) is 4.76. The Morgan fingerprint density at radius 1 is 1.50 bits per heavy atom. The summed E-state index contributed by atoms with van der Waals surface area (Å²) in [6.07, 6.45) is 1.09. The Balaban J connectivity index is 2.34. The lowest BCUT2D eigenvalue weighted by molar-refractivity contribution is 0.0594. The number of carbonyl (C=O) groups excluding carboxylic acids is 1. The highest BCUT2D eigenvalue weighted by Crippen LogP contribution is 2.04. The van der Waals surface area contributed by atoms with Crippen molar-refractivity contribution in [3.05, 3.63) is 23.5 Å². The van der Waals surface area contributed by atoms with Gasteiger partial charge in [0, 0.05) is 18.3 Å². The third kappa shape index (κ3) is 4.89. The van der Waals surface area contributed by atoms with Crippen molar-refractivity contribution in [2.24, 2.45) is 0 Å². The van der Waals surface area contributed by atoms with Gasteiger partial charge in [0.2, 0.25) is 0 Å². The average Bonchev–Trinajstić information content (AvgIpc) is 2.81. The molecule has 18 heavy (non-hydrogen) atoms. The third-order valence-corrected chi connectivity index (χ3v) is 2.80. The minimum Gasteiger partial charge on any atom is -0.464 e. The van der Waals surface area contributed by atoms with E-state index in [1.807, 2.05) is 6.07 Å². The number of methoxy groups -OCH3 is 1. The van der Waals surface area contributed by atoms with Crippen molar-refractivity contribution in [2.75, 3.05) is 27.7 Å². The number of nitrogens with one attached hydrogen (secondary N) is 2. The van der Waals surface area contributed by atoms with Gasteiger partial charge in [-0.25, -0.2) is 4.79 Å². The molecule has 1 heterocycles. The summed E-state index contributed by atoms with van der Waals surface area (Å²) in [6.45, 7) is 3.95. The molecule has 0 amide bonds. The van der Waals surface area contributed by atoms with Crippen LogP contribution in [0.25, 0.3) is 0 Å². The van der Waals surface area contributed by atoms with E-state index in [1.54, 1.807) is 6.07 Å². The first kappa shape index (κ1) is 14.7. The molecule has 0 saturated carbocycles. The zero-order valence-corrected chi connectivity index (χ0v) is 11.6. The minimum absolute atomic E-state index is 0.332. The Bertz CT molecular complexity index is 374. The van der Waals surface area contributed by atoms with Crippen molar-refractivity contribution >= 4 is 5.97 Å². The molecule has 0 aliphatic heterocycles. The molecule has 0 spiro atoms. The zero-order valence-electron chi connectivity index (χ0n) is 11.6. The summed E-state index contributed by atoms with van der Waals surface area (Å²) in [4.78, 5) is 16.5. The molecule has 1 aromatic heterocycles. The van der Waals surface area contributed by atoms with Crippen molar-refractivity contribution in [1.82, 2.24) is 15.2 Å². The number of hydrogen-bond acceptors (Lipinski definition) is 4. The van der Waals surface area contributed by atoms with Crippen LogP contribution in [0.4, 0.5) is 0 Å². The van der Waals surface area contributed by atoms with E-state index < -0.39 is 0 Å². The number of aromatic amines is 1. The number of esters is 1. The summed E-state index contributed by atoms with van der Waals surface area (Å²) in [5.41, 5.74) is 1.49. The largest absolute Gasteiger partial charge is 0.464 e. The fourth-order valence-electron chi connectivity index (χ4n) is 1.61. The molecule has 1 unspecified atom stereocenters. The maximum Gasteiger partial charge on any atom is 0.354 e. The number of rotatable bonds is 7. The molecule has 2 N–H and O–H groups in total. The van der Waals surface area contributed by atoms with Crippen LogP contribution in [0.1, 0.15) is 29.5 Å². The summed E-state index contributed by atoms with van der Waals surface area (Å²) in [6, 6.07) is 4.09. The molecule has 5 heteroatoms. The van der Waals surface area contributed by atoms with Crippen LogP contribution in [-0.2, 0) is 11.3 Å². The molecule has 0 aliphatic rings. The Kier molecular flexibility index (Phi) is 5.88. The fraction of sp³-hybridized carbons (Fsp3) is 0.615. The van der Waals surface area contributed by atoms with E-state index in [2.05, 4.69) is 41.0 Å². The van der Waals surface area contributed by atoms with Gasteiger partial charge in [0.15, 0.2) is 0 Å². The van der Waals surface area contributed by atoms with Crippen molar-refractivity contribution < 1.29 is 9.53 Å². The number of hydrogen-bond donors (Lipinski definition) is 2. The molecule has 0 aromatic carbocycles. The highest BCUT2D eigenvalue weighted by molar-refractivity contribution is 5.87. The van der Waals surface area contributed by atoms with Gasteiger partial charge in [-0.05, 0) is 46.1 Å². The third-order valence-electron chi connectivity index (χ3n) is 2.80. The van der Waals surface area contributed by atoms with Crippen LogP contribution in [0.15, 0.2) is 12.1 Å². The number of H-pyrrole nitrogens is 1. The second-order valence-electron chi connectivity index (χ2n) is 4.76. The summed E-state index contributed by atoms with van der Waals surface area (Å²) in [7, 11) is 5.52. The minimum atomic E-state index is -0.332. The molecule has 1 aromatic rings. The van der Waals surface area contributed by atoms with Crippen LogP contribution >= 0.6 is 0 Å². The lowest BCUT2D eigenvalue weighted by atomic mass is 10.2. The summed E-state index contributed by atoms with van der Waals surface area (Å²) in [5.74, 6) is -0.332. The lowest BCUT2D eigenvalue weighted by Gasteiger charge is -2.16. The van der Waals surface area contributed by atoms with E-state index in [4.69, 9.17) is 0 Å². The van der Waals surface area contributed by atoms with Crippen LogP contribution in [0.3, 0.4) is 0 Å². The molecule has 0 fully saturated rings. The van der Waals surface area contributed by atoms with Crippen LogP contribution in [0, 0.1) is 0 Å². The van der Waals surface area contributed by atoms with Gasteiger partial charge in [-0.1, -0.05) is 0 Å². The SMILES string of the molecule is COC(=O)c1ccc(CNC(C)CCN(C)C)[nH]1. The molecular formula is C13H23N3O2. The molecular weight excluding hydrogens is 230 g/mol. The quantitative estimate of drug-likeness (QED) is 0.718. The van der Waals surface area contributed by atoms with E-state index in [0.29, 0.717) is 11.7 Å². The van der Waals surface area contributed by atoms with E-state index in [1.165, 1.54) is 7.11 Å². The summed E-state index contributed by atoms with van der Waals surface area (Å²) < 4.78 is 4.64. The van der Waals surface area contributed by atoms with Crippen LogP contribution in [0.2, 0.25) is 0 Å². The van der Waals surface area contributed by atoms with E-state index in [9.17, 15) is 4.79 Å². The van der Waals surface area contributed by atoms with Gasteiger partial charge in [0.05, 0.1) is 7.11 Å². The standard InChI is InChI=1S/C13H23N3O2/c1-10(7-8-16(2)3)14-9-11-5-6-12(15-11)13(17)18-4/h5-6,10,14-15H,7-9H2,1-4H3. The fourth-order valence-corrected chi connectivity index (χ4v) is 1.61. The Labute approximate surface area is 109 Å². The Hall–Kier alpha value is -1.33. The van der Waals surface area contributed by atoms with Crippen LogP contribution in [0.5, 0.6) is 0 Å². The van der Waals surface area contributed by atoms with Crippen molar-refractivity contribution in [3.63, 3.8) is 0 Å². The summed E-state index contributed by atoms with van der Waals surface area (Å²) >= 11 is 0. The van der Waals surface area contributed by atoms with Crippen molar-refractivity contribution in [1.29, 1.82) is 0 Å². The normalized spacial score (nSPS) is 12.7. The molecule has 0 bridgehead atoms. The predicted octanol–water partition coefficient (Wildman–Crippen LogP) is 1.23. The first-order valence-electron chi connectivity index (χ1n) is 6.17. The Morgan fingerprint density at radius 3 is 2.83 bits per heavy atom. The average molecular weight is 253 g/mol. The van der Waals surface area contributed by atoms with Gasteiger partial charge in [-0.2, -0.15) is 0 Å². The number of carbonyl (C=O) groups is 1. The zero-order chi connectivity index (χ0) is 13.5. The molecule has 5 nitrogen and oxygen atoms in total. The molecule has 102 valence electrons. The van der Waals surface area contributed by atoms with E-state index in [-0.39, 0.29) is 5.97 Å². The number of ether oxygens (including phenoxy) is 1. The first-order chi connectivity index (χ1) is 8.52. The number of aromatic nitrogens is 1. The highest BCUT2D eigenvalue weighted by atomic mass is 16.5. The molecule has 0 radical (unpaired) electrons. The molecule has 1 atom stereocenters. The first-order valence-corrected chi connectivity index (χ1v) is 6.17. The van der Waals surface area contributed by atoms with E-state index >= 15 is 0 Å². The van der Waals surface area contributed by atoms with Gasteiger partial charge >= 0.3 is 5.97 Å². The van der Waals surface area contributed by atoms with Crippen LogP contribution < -0.4 is 5.32 Å². The van der Waals surface area contributed by atoms with Gasteiger partial charge in [-0.3, -0.25) is 0 Å².